The second-order valence-corrected chi connectivity index (χ2v) is 5.65. The maximum Gasteiger partial charge on any atom is 0.254 e. The molecule has 1 heterocycles. The first-order valence-electron chi connectivity index (χ1n) is 8.41. The molecule has 0 saturated heterocycles. The van der Waals surface area contributed by atoms with E-state index >= 15 is 0 Å². The van der Waals surface area contributed by atoms with Crippen molar-refractivity contribution in [1.82, 2.24) is 15.2 Å². The summed E-state index contributed by atoms with van der Waals surface area (Å²) >= 11 is 0. The molecule has 1 aromatic heterocycles. The zero-order chi connectivity index (χ0) is 18.8. The number of carbonyl (C=O) groups is 3. The molecule has 0 unspecified atom stereocenters. The SMILES string of the molecule is CCCN(CC(=O)NCC(=O)Nc1ccccc1)C(=O)c1ccncc1. The monoisotopic (exact) mass is 354 g/mol. The van der Waals surface area contributed by atoms with Crippen molar-refractivity contribution in [3.05, 3.63) is 60.4 Å². The average Bonchev–Trinajstić information content (AvgIpc) is 2.67. The topological polar surface area (TPSA) is 91.4 Å². The van der Waals surface area contributed by atoms with Crippen molar-refractivity contribution in [1.29, 1.82) is 0 Å². The zero-order valence-electron chi connectivity index (χ0n) is 14.6. The van der Waals surface area contributed by atoms with Crippen molar-refractivity contribution in [2.45, 2.75) is 13.3 Å². The first kappa shape index (κ1) is 19.1. The summed E-state index contributed by atoms with van der Waals surface area (Å²) in [6.45, 7) is 2.12. The van der Waals surface area contributed by atoms with E-state index in [9.17, 15) is 14.4 Å². The molecule has 2 aromatic rings. The molecule has 0 bridgehead atoms. The Hall–Kier alpha value is -3.22. The molecule has 7 nitrogen and oxygen atoms in total. The molecule has 0 saturated carbocycles. The van der Waals surface area contributed by atoms with Crippen LogP contribution in [0.15, 0.2) is 54.9 Å². The molecule has 0 aliphatic rings. The van der Waals surface area contributed by atoms with Gasteiger partial charge in [0.25, 0.3) is 5.91 Å². The molecule has 1 aromatic carbocycles. The molecule has 2 rings (SSSR count). The van der Waals surface area contributed by atoms with Crippen LogP contribution in [0.2, 0.25) is 0 Å². The molecule has 0 fully saturated rings. The number of benzene rings is 1. The third-order valence-corrected chi connectivity index (χ3v) is 3.55. The highest BCUT2D eigenvalue weighted by Crippen LogP contribution is 2.05. The highest BCUT2D eigenvalue weighted by molar-refractivity contribution is 5.98. The van der Waals surface area contributed by atoms with Crippen molar-refractivity contribution in [3.8, 4) is 0 Å². The molecule has 3 amide bonds. The van der Waals surface area contributed by atoms with E-state index in [2.05, 4.69) is 15.6 Å². The number of hydrogen-bond donors (Lipinski definition) is 2. The van der Waals surface area contributed by atoms with Gasteiger partial charge in [-0.2, -0.15) is 0 Å². The average molecular weight is 354 g/mol. The Morgan fingerprint density at radius 1 is 1.00 bits per heavy atom. The predicted octanol–water partition coefficient (Wildman–Crippen LogP) is 1.69. The van der Waals surface area contributed by atoms with Crippen LogP contribution >= 0.6 is 0 Å². The number of rotatable bonds is 8. The third kappa shape index (κ3) is 6.01. The lowest BCUT2D eigenvalue weighted by Gasteiger charge is -2.21. The lowest BCUT2D eigenvalue weighted by atomic mass is 10.2. The number of hydrogen-bond acceptors (Lipinski definition) is 4. The number of pyridine rings is 1. The second kappa shape index (κ2) is 9.93. The van der Waals surface area contributed by atoms with Gasteiger partial charge in [-0.15, -0.1) is 0 Å². The Bertz CT molecular complexity index is 735. The lowest BCUT2D eigenvalue weighted by molar-refractivity contribution is -0.124. The minimum atomic E-state index is -0.385. The summed E-state index contributed by atoms with van der Waals surface area (Å²) in [6.07, 6.45) is 3.79. The Morgan fingerprint density at radius 2 is 1.69 bits per heavy atom. The van der Waals surface area contributed by atoms with Gasteiger partial charge in [0.05, 0.1) is 13.1 Å². The molecule has 7 heteroatoms. The van der Waals surface area contributed by atoms with Crippen LogP contribution < -0.4 is 10.6 Å². The number of anilines is 1. The first-order chi connectivity index (χ1) is 12.6. The number of amides is 3. The van der Waals surface area contributed by atoms with Crippen molar-refractivity contribution in [3.63, 3.8) is 0 Å². The summed E-state index contributed by atoms with van der Waals surface area (Å²) < 4.78 is 0. The van der Waals surface area contributed by atoms with Crippen LogP contribution in [0.4, 0.5) is 5.69 Å². The predicted molar refractivity (Wildman–Crippen MR) is 98.5 cm³/mol. The van der Waals surface area contributed by atoms with E-state index in [4.69, 9.17) is 0 Å². The zero-order valence-corrected chi connectivity index (χ0v) is 14.6. The van der Waals surface area contributed by atoms with E-state index in [-0.39, 0.29) is 30.8 Å². The Morgan fingerprint density at radius 3 is 2.35 bits per heavy atom. The fraction of sp³-hybridized carbons (Fsp3) is 0.263. The van der Waals surface area contributed by atoms with Crippen molar-refractivity contribution < 1.29 is 14.4 Å². The van der Waals surface area contributed by atoms with Gasteiger partial charge in [0, 0.05) is 30.2 Å². The van der Waals surface area contributed by atoms with Crippen molar-refractivity contribution in [2.24, 2.45) is 0 Å². The van der Waals surface area contributed by atoms with Gasteiger partial charge < -0.3 is 15.5 Å². The van der Waals surface area contributed by atoms with Crippen molar-refractivity contribution >= 4 is 23.4 Å². The summed E-state index contributed by atoms with van der Waals surface area (Å²) in [5.41, 5.74) is 1.13. The van der Waals surface area contributed by atoms with Crippen LogP contribution in [0.1, 0.15) is 23.7 Å². The molecule has 136 valence electrons. The molecule has 0 aliphatic heterocycles. The van der Waals surface area contributed by atoms with E-state index < -0.39 is 0 Å². The van der Waals surface area contributed by atoms with E-state index in [0.717, 1.165) is 6.42 Å². The molecule has 26 heavy (non-hydrogen) atoms. The van der Waals surface area contributed by atoms with E-state index in [1.165, 1.54) is 17.3 Å². The minimum absolute atomic E-state index is 0.104. The summed E-state index contributed by atoms with van der Waals surface area (Å²) in [6, 6.07) is 12.2. The number of aromatic nitrogens is 1. The summed E-state index contributed by atoms with van der Waals surface area (Å²) in [5.74, 6) is -0.950. The van der Waals surface area contributed by atoms with E-state index in [0.29, 0.717) is 17.8 Å². The van der Waals surface area contributed by atoms with Gasteiger partial charge in [0.1, 0.15) is 0 Å². The molecule has 0 aliphatic carbocycles. The standard InChI is InChI=1S/C19H22N4O3/c1-2-12-23(19(26)15-8-10-20-11-9-15)14-18(25)21-13-17(24)22-16-6-4-3-5-7-16/h3-11H,2,12-14H2,1H3,(H,21,25)(H,22,24). The van der Waals surface area contributed by atoms with Crippen LogP contribution in [-0.4, -0.2) is 47.2 Å². The highest BCUT2D eigenvalue weighted by Gasteiger charge is 2.18. The van der Waals surface area contributed by atoms with E-state index in [1.54, 1.807) is 24.3 Å². The van der Waals surface area contributed by atoms with E-state index in [1.807, 2.05) is 25.1 Å². The fourth-order valence-corrected chi connectivity index (χ4v) is 2.33. The molecular formula is C19H22N4O3. The number of nitrogens with one attached hydrogen (secondary N) is 2. The van der Waals surface area contributed by atoms with Gasteiger partial charge in [-0.3, -0.25) is 19.4 Å². The molecule has 0 atom stereocenters. The van der Waals surface area contributed by atoms with Crippen molar-refractivity contribution in [2.75, 3.05) is 25.0 Å². The van der Waals surface area contributed by atoms with Crippen LogP contribution in [0.25, 0.3) is 0 Å². The molecular weight excluding hydrogens is 332 g/mol. The Kier molecular flexibility index (Phi) is 7.30. The summed E-state index contributed by atoms with van der Waals surface area (Å²) in [5, 5.41) is 5.22. The smallest absolute Gasteiger partial charge is 0.254 e. The fourth-order valence-electron chi connectivity index (χ4n) is 2.33. The molecule has 0 radical (unpaired) electrons. The number of carbonyl (C=O) groups excluding carboxylic acids is 3. The first-order valence-corrected chi connectivity index (χ1v) is 8.41. The largest absolute Gasteiger partial charge is 0.345 e. The van der Waals surface area contributed by atoms with Gasteiger partial charge in [-0.05, 0) is 30.7 Å². The van der Waals surface area contributed by atoms with Gasteiger partial charge in [0.15, 0.2) is 0 Å². The maximum atomic E-state index is 12.5. The second-order valence-electron chi connectivity index (χ2n) is 5.65. The quantitative estimate of drug-likeness (QED) is 0.755. The van der Waals surface area contributed by atoms with Crippen LogP contribution in [0.3, 0.4) is 0 Å². The normalized spacial score (nSPS) is 10.0. The van der Waals surface area contributed by atoms with Gasteiger partial charge in [0.2, 0.25) is 11.8 Å². The maximum absolute atomic E-state index is 12.5. The molecule has 0 spiro atoms. The summed E-state index contributed by atoms with van der Waals surface area (Å²) in [7, 11) is 0. The Balaban J connectivity index is 1.85. The third-order valence-electron chi connectivity index (χ3n) is 3.55. The van der Waals surface area contributed by atoms with Gasteiger partial charge in [-0.25, -0.2) is 0 Å². The minimum Gasteiger partial charge on any atom is -0.345 e. The highest BCUT2D eigenvalue weighted by atomic mass is 16.2. The van der Waals surface area contributed by atoms with Crippen LogP contribution in [0, 0.1) is 0 Å². The molecule has 2 N–H and O–H groups in total. The Labute approximate surface area is 152 Å². The number of para-hydroxylation sites is 1. The van der Waals surface area contributed by atoms with Gasteiger partial charge >= 0.3 is 0 Å². The van der Waals surface area contributed by atoms with Gasteiger partial charge in [-0.1, -0.05) is 25.1 Å². The lowest BCUT2D eigenvalue weighted by Crippen LogP contribution is -2.43. The summed E-state index contributed by atoms with van der Waals surface area (Å²) in [4.78, 5) is 41.8. The number of nitrogens with zero attached hydrogens (tertiary/aromatic N) is 2. The van der Waals surface area contributed by atoms with Crippen LogP contribution in [-0.2, 0) is 9.59 Å². The van der Waals surface area contributed by atoms with Crippen LogP contribution in [0.5, 0.6) is 0 Å².